The van der Waals surface area contributed by atoms with Crippen molar-refractivity contribution in [2.45, 2.75) is 0 Å². The Kier molecular flexibility index (Phi) is 4.62. The Balaban J connectivity index is 2.32. The first kappa shape index (κ1) is 17.5. The number of hydrogen-bond donors (Lipinski definition) is 2. The van der Waals surface area contributed by atoms with Crippen LogP contribution in [0.25, 0.3) is 21.9 Å². The number of aromatic nitrogens is 1. The normalized spacial score (nSPS) is 10.7. The second kappa shape index (κ2) is 6.87. The molecule has 3 aromatic rings. The molecular formula is C19H17FN2O4. The lowest BCUT2D eigenvalue weighted by Gasteiger charge is -2.20. The maximum atomic E-state index is 13.3. The first-order valence-electron chi connectivity index (χ1n) is 7.81. The lowest BCUT2D eigenvalue weighted by molar-refractivity contribution is -0.139. The van der Waals surface area contributed by atoms with Crippen LogP contribution >= 0.6 is 0 Å². The molecule has 0 aliphatic rings. The summed E-state index contributed by atoms with van der Waals surface area (Å²) >= 11 is 0. The van der Waals surface area contributed by atoms with Crippen molar-refractivity contribution in [1.29, 1.82) is 0 Å². The van der Waals surface area contributed by atoms with Crippen molar-refractivity contribution in [3.8, 4) is 22.8 Å². The number of carbonyl (C=O) groups is 1. The Labute approximate surface area is 149 Å². The van der Waals surface area contributed by atoms with Crippen molar-refractivity contribution >= 4 is 22.6 Å². The van der Waals surface area contributed by atoms with Gasteiger partial charge < -0.3 is 19.8 Å². The molecule has 0 amide bonds. The minimum absolute atomic E-state index is 0.00198. The Bertz CT molecular complexity index is 971. The number of carboxylic acids is 1. The van der Waals surface area contributed by atoms with Gasteiger partial charge in [-0.15, -0.1) is 0 Å². The number of phenolic OH excluding ortho intramolecular Hbond substituents is 1. The van der Waals surface area contributed by atoms with Crippen LogP contribution in [-0.4, -0.2) is 41.9 Å². The highest BCUT2D eigenvalue weighted by Crippen LogP contribution is 2.40. The zero-order chi connectivity index (χ0) is 18.8. The van der Waals surface area contributed by atoms with Gasteiger partial charge in [-0.2, -0.15) is 4.98 Å². The molecule has 6 nitrogen and oxygen atoms in total. The van der Waals surface area contributed by atoms with Crippen molar-refractivity contribution in [3.63, 3.8) is 0 Å². The fraction of sp³-hybridized carbons (Fsp3) is 0.158. The minimum atomic E-state index is -1.13. The molecule has 0 saturated heterocycles. The number of phenols is 1. The SMILES string of the molecule is CN(C)c1nc(OCC(=O)O)c2cc(O)ccc2c1-c1ccc(F)cc1. The highest BCUT2D eigenvalue weighted by Gasteiger charge is 2.19. The van der Waals surface area contributed by atoms with Gasteiger partial charge in [0.25, 0.3) is 0 Å². The summed E-state index contributed by atoms with van der Waals surface area (Å²) in [6, 6.07) is 10.7. The van der Waals surface area contributed by atoms with Gasteiger partial charge in [0.2, 0.25) is 5.88 Å². The second-order valence-corrected chi connectivity index (χ2v) is 5.93. The Morgan fingerprint density at radius 3 is 2.46 bits per heavy atom. The molecule has 0 unspecified atom stereocenters. The van der Waals surface area contributed by atoms with Gasteiger partial charge in [0.15, 0.2) is 6.61 Å². The fourth-order valence-corrected chi connectivity index (χ4v) is 2.72. The van der Waals surface area contributed by atoms with E-state index in [1.54, 1.807) is 37.2 Å². The van der Waals surface area contributed by atoms with Crippen LogP contribution in [0.15, 0.2) is 42.5 Å². The summed E-state index contributed by atoms with van der Waals surface area (Å²) in [7, 11) is 3.59. The lowest BCUT2D eigenvalue weighted by Crippen LogP contribution is -2.15. The van der Waals surface area contributed by atoms with Crippen LogP contribution in [0.5, 0.6) is 11.6 Å². The highest BCUT2D eigenvalue weighted by molar-refractivity contribution is 6.04. The van der Waals surface area contributed by atoms with Crippen LogP contribution in [0, 0.1) is 5.82 Å². The fourth-order valence-electron chi connectivity index (χ4n) is 2.72. The summed E-state index contributed by atoms with van der Waals surface area (Å²) in [5.74, 6) is -0.837. The van der Waals surface area contributed by atoms with E-state index in [4.69, 9.17) is 9.84 Å². The molecule has 26 heavy (non-hydrogen) atoms. The average molecular weight is 356 g/mol. The quantitative estimate of drug-likeness (QED) is 0.730. The number of aromatic hydroxyl groups is 1. The molecule has 0 aliphatic carbocycles. The van der Waals surface area contributed by atoms with Gasteiger partial charge in [0.05, 0.1) is 0 Å². The van der Waals surface area contributed by atoms with Gasteiger partial charge in [-0.25, -0.2) is 9.18 Å². The molecule has 3 rings (SSSR count). The maximum absolute atomic E-state index is 13.3. The number of hydrogen-bond acceptors (Lipinski definition) is 5. The first-order chi connectivity index (χ1) is 12.4. The van der Waals surface area contributed by atoms with Crippen LogP contribution in [0.3, 0.4) is 0 Å². The Morgan fingerprint density at radius 2 is 1.85 bits per heavy atom. The van der Waals surface area contributed by atoms with Gasteiger partial charge in [-0.05, 0) is 41.3 Å². The molecule has 7 heteroatoms. The van der Waals surface area contributed by atoms with Crippen LogP contribution in [0.4, 0.5) is 10.2 Å². The maximum Gasteiger partial charge on any atom is 0.341 e. The van der Waals surface area contributed by atoms with E-state index in [0.717, 1.165) is 11.1 Å². The molecule has 0 aliphatic heterocycles. The summed E-state index contributed by atoms with van der Waals surface area (Å²) in [4.78, 5) is 17.1. The van der Waals surface area contributed by atoms with Crippen molar-refractivity contribution < 1.29 is 24.1 Å². The highest BCUT2D eigenvalue weighted by atomic mass is 19.1. The third-order valence-electron chi connectivity index (χ3n) is 3.82. The van der Waals surface area contributed by atoms with Crippen molar-refractivity contribution in [2.24, 2.45) is 0 Å². The molecule has 1 heterocycles. The van der Waals surface area contributed by atoms with Crippen LogP contribution < -0.4 is 9.64 Å². The zero-order valence-electron chi connectivity index (χ0n) is 14.2. The molecule has 1 aromatic heterocycles. The molecule has 0 radical (unpaired) electrons. The number of aliphatic carboxylic acids is 1. The number of rotatable bonds is 5. The molecular weight excluding hydrogens is 339 g/mol. The minimum Gasteiger partial charge on any atom is -0.508 e. The van der Waals surface area contributed by atoms with E-state index in [-0.39, 0.29) is 17.4 Å². The van der Waals surface area contributed by atoms with E-state index < -0.39 is 12.6 Å². The topological polar surface area (TPSA) is 82.9 Å². The van der Waals surface area contributed by atoms with Gasteiger partial charge in [0.1, 0.15) is 17.4 Å². The zero-order valence-corrected chi connectivity index (χ0v) is 14.2. The largest absolute Gasteiger partial charge is 0.508 e. The van der Waals surface area contributed by atoms with E-state index in [0.29, 0.717) is 16.6 Å². The number of halogens is 1. The van der Waals surface area contributed by atoms with Crippen molar-refractivity contribution in [2.75, 3.05) is 25.6 Å². The number of ether oxygens (including phenoxy) is 1. The number of pyridine rings is 1. The molecule has 0 atom stereocenters. The summed E-state index contributed by atoms with van der Waals surface area (Å²) in [5, 5.41) is 19.9. The van der Waals surface area contributed by atoms with E-state index in [1.807, 2.05) is 0 Å². The summed E-state index contributed by atoms with van der Waals surface area (Å²) in [6.07, 6.45) is 0. The summed E-state index contributed by atoms with van der Waals surface area (Å²) in [6.45, 7) is -0.555. The predicted octanol–water partition coefficient (Wildman–Crippen LogP) is 3.28. The van der Waals surface area contributed by atoms with E-state index in [1.165, 1.54) is 24.3 Å². The van der Waals surface area contributed by atoms with Crippen LogP contribution in [0.2, 0.25) is 0 Å². The Morgan fingerprint density at radius 1 is 1.15 bits per heavy atom. The predicted molar refractivity (Wildman–Crippen MR) is 96.3 cm³/mol. The third kappa shape index (κ3) is 3.37. The van der Waals surface area contributed by atoms with Gasteiger partial charge in [0, 0.05) is 25.0 Å². The molecule has 0 spiro atoms. The number of anilines is 1. The number of fused-ring (bicyclic) bond motifs is 1. The Hall–Kier alpha value is -3.35. The average Bonchev–Trinajstić information content (AvgIpc) is 2.59. The monoisotopic (exact) mass is 356 g/mol. The van der Waals surface area contributed by atoms with E-state index in [9.17, 15) is 14.3 Å². The van der Waals surface area contributed by atoms with Crippen molar-refractivity contribution in [3.05, 3.63) is 48.3 Å². The molecule has 2 N–H and O–H groups in total. The molecule has 0 fully saturated rings. The smallest absolute Gasteiger partial charge is 0.341 e. The van der Waals surface area contributed by atoms with Crippen LogP contribution in [-0.2, 0) is 4.79 Å². The molecule has 0 bridgehead atoms. The lowest BCUT2D eigenvalue weighted by atomic mass is 9.98. The van der Waals surface area contributed by atoms with E-state index >= 15 is 0 Å². The molecule has 134 valence electrons. The molecule has 0 saturated carbocycles. The summed E-state index contributed by atoms with van der Waals surface area (Å²) < 4.78 is 18.7. The first-order valence-corrected chi connectivity index (χ1v) is 7.81. The number of nitrogens with zero attached hydrogens (tertiary/aromatic N) is 2. The van der Waals surface area contributed by atoms with Gasteiger partial charge >= 0.3 is 5.97 Å². The standard InChI is InChI=1S/C19H17FN2O4/c1-22(2)18-17(11-3-5-12(20)6-4-11)14-8-7-13(23)9-15(14)19(21-18)26-10-16(24)25/h3-9,23H,10H2,1-2H3,(H,24,25). The number of carboxylic acid groups (broad SMARTS) is 1. The third-order valence-corrected chi connectivity index (χ3v) is 3.82. The molecule has 2 aromatic carbocycles. The number of benzene rings is 2. The second-order valence-electron chi connectivity index (χ2n) is 5.93. The van der Waals surface area contributed by atoms with E-state index in [2.05, 4.69) is 4.98 Å². The van der Waals surface area contributed by atoms with Crippen LogP contribution in [0.1, 0.15) is 0 Å². The summed E-state index contributed by atoms with van der Waals surface area (Å²) in [5.41, 5.74) is 1.47. The van der Waals surface area contributed by atoms with Gasteiger partial charge in [-0.1, -0.05) is 12.1 Å². The van der Waals surface area contributed by atoms with Crippen molar-refractivity contribution in [1.82, 2.24) is 4.98 Å². The van der Waals surface area contributed by atoms with Gasteiger partial charge in [-0.3, -0.25) is 0 Å².